The second-order valence-electron chi connectivity index (χ2n) is 7.67. The lowest BCUT2D eigenvalue weighted by molar-refractivity contribution is -0.142. The minimum Gasteiger partial charge on any atom is -0.480 e. The molecule has 1 aromatic carbocycles. The number of rotatable bonds is 6. The second kappa shape index (κ2) is 7.95. The summed E-state index contributed by atoms with van der Waals surface area (Å²) in [6, 6.07) is 6.10. The molecule has 150 valence electrons. The topological polar surface area (TPSA) is 95.5 Å². The molecule has 6 nitrogen and oxygen atoms in total. The van der Waals surface area contributed by atoms with Gasteiger partial charge in [-0.2, -0.15) is 0 Å². The van der Waals surface area contributed by atoms with Crippen molar-refractivity contribution in [3.63, 3.8) is 0 Å². The predicted molar refractivity (Wildman–Crippen MR) is 116 cm³/mol. The SMILES string of the molecule is O=C(CC1=Cc2ccccc2C1)C1C(=S)CN[C@@H]1C(=O)C1C(=S)CN[C@@H]1C(=O)O. The molecular formula is C21H20N2O4S2. The maximum atomic E-state index is 13.2. The van der Waals surface area contributed by atoms with Gasteiger partial charge in [-0.05, 0) is 17.5 Å². The van der Waals surface area contributed by atoms with Crippen LogP contribution in [0, 0.1) is 11.8 Å². The lowest BCUT2D eigenvalue weighted by Gasteiger charge is -2.23. The average Bonchev–Trinajstić information content (AvgIpc) is 3.36. The van der Waals surface area contributed by atoms with Gasteiger partial charge >= 0.3 is 5.97 Å². The van der Waals surface area contributed by atoms with Crippen molar-refractivity contribution in [2.45, 2.75) is 24.9 Å². The molecule has 1 aromatic rings. The van der Waals surface area contributed by atoms with Gasteiger partial charge < -0.3 is 10.4 Å². The number of aliphatic carboxylic acids is 1. The zero-order valence-electron chi connectivity index (χ0n) is 15.5. The van der Waals surface area contributed by atoms with Crippen LogP contribution in [0.1, 0.15) is 17.5 Å². The predicted octanol–water partition coefficient (Wildman–Crippen LogP) is 1.15. The fourth-order valence-corrected chi connectivity index (χ4v) is 5.11. The van der Waals surface area contributed by atoms with Crippen LogP contribution in [-0.2, 0) is 20.8 Å². The van der Waals surface area contributed by atoms with Crippen molar-refractivity contribution in [3.05, 3.63) is 41.0 Å². The molecule has 0 saturated carbocycles. The molecule has 4 rings (SSSR count). The number of fused-ring (bicyclic) bond motifs is 1. The molecule has 0 aromatic heterocycles. The van der Waals surface area contributed by atoms with Gasteiger partial charge in [0.2, 0.25) is 0 Å². The van der Waals surface area contributed by atoms with Gasteiger partial charge in [-0.1, -0.05) is 60.4 Å². The van der Waals surface area contributed by atoms with Crippen molar-refractivity contribution in [3.8, 4) is 0 Å². The standard InChI is InChI=1S/C21H20N2O4S2/c24-13(7-10-5-11-3-1-2-4-12(11)6-10)16-14(28)8-22-18(16)20(25)17-15(29)9-23-19(17)21(26)27/h1-5,16-19,22-23H,6-9H2,(H,26,27)/t16?,17?,18-,19-/m0/s1. The molecule has 2 aliphatic heterocycles. The van der Waals surface area contributed by atoms with E-state index in [9.17, 15) is 19.5 Å². The summed E-state index contributed by atoms with van der Waals surface area (Å²) in [6.07, 6.45) is 2.96. The average molecular weight is 429 g/mol. The largest absolute Gasteiger partial charge is 0.480 e. The van der Waals surface area contributed by atoms with Crippen LogP contribution in [0.25, 0.3) is 6.08 Å². The van der Waals surface area contributed by atoms with E-state index in [1.807, 2.05) is 30.3 Å². The number of nitrogens with one attached hydrogen (secondary N) is 2. The van der Waals surface area contributed by atoms with E-state index in [1.165, 1.54) is 5.56 Å². The number of benzene rings is 1. The van der Waals surface area contributed by atoms with Gasteiger partial charge in [-0.15, -0.1) is 0 Å². The van der Waals surface area contributed by atoms with Crippen LogP contribution in [0.15, 0.2) is 29.8 Å². The van der Waals surface area contributed by atoms with Crippen LogP contribution in [0.5, 0.6) is 0 Å². The first-order chi connectivity index (χ1) is 13.9. The Bertz CT molecular complexity index is 971. The van der Waals surface area contributed by atoms with E-state index in [-0.39, 0.29) is 31.1 Å². The molecule has 2 heterocycles. The summed E-state index contributed by atoms with van der Waals surface area (Å²) >= 11 is 10.6. The fourth-order valence-electron chi connectivity index (χ4n) is 4.42. The number of hydrogen-bond donors (Lipinski definition) is 3. The number of carboxylic acid groups (broad SMARTS) is 1. The molecule has 0 radical (unpaired) electrons. The van der Waals surface area contributed by atoms with E-state index in [0.29, 0.717) is 16.1 Å². The summed E-state index contributed by atoms with van der Waals surface area (Å²) in [5.74, 6) is -3.28. The van der Waals surface area contributed by atoms with Crippen molar-refractivity contribution < 1.29 is 19.5 Å². The number of thiocarbonyl (C=S) groups is 2. The van der Waals surface area contributed by atoms with E-state index >= 15 is 0 Å². The molecule has 2 saturated heterocycles. The van der Waals surface area contributed by atoms with E-state index in [2.05, 4.69) is 10.6 Å². The molecule has 2 unspecified atom stereocenters. The van der Waals surface area contributed by atoms with Gasteiger partial charge in [0, 0.05) is 29.2 Å². The van der Waals surface area contributed by atoms with Crippen molar-refractivity contribution >= 4 is 57.8 Å². The summed E-state index contributed by atoms with van der Waals surface area (Å²) < 4.78 is 0. The Hall–Kier alpha value is -2.13. The maximum absolute atomic E-state index is 13.2. The monoisotopic (exact) mass is 428 g/mol. The summed E-state index contributed by atoms with van der Waals surface area (Å²) in [7, 11) is 0. The molecular weight excluding hydrogens is 408 g/mol. The maximum Gasteiger partial charge on any atom is 0.321 e. The highest BCUT2D eigenvalue weighted by Crippen LogP contribution is 2.30. The molecule has 0 amide bonds. The molecule has 3 N–H and O–H groups in total. The molecule has 1 aliphatic carbocycles. The molecule has 29 heavy (non-hydrogen) atoms. The number of carbonyl (C=O) groups is 3. The Balaban J connectivity index is 1.51. The molecule has 8 heteroatoms. The van der Waals surface area contributed by atoms with Gasteiger partial charge in [0.15, 0.2) is 5.78 Å². The highest BCUT2D eigenvalue weighted by atomic mass is 32.1. The van der Waals surface area contributed by atoms with Crippen LogP contribution >= 0.6 is 24.4 Å². The van der Waals surface area contributed by atoms with Crippen LogP contribution in [-0.4, -0.2) is 57.5 Å². The Kier molecular flexibility index (Phi) is 5.52. The lowest BCUT2D eigenvalue weighted by Crippen LogP contribution is -2.49. The van der Waals surface area contributed by atoms with Gasteiger partial charge in [0.1, 0.15) is 11.8 Å². The van der Waals surface area contributed by atoms with Crippen molar-refractivity contribution in [1.82, 2.24) is 10.6 Å². The third-order valence-corrected chi connectivity index (χ3v) is 6.61. The highest BCUT2D eigenvalue weighted by molar-refractivity contribution is 7.80. The van der Waals surface area contributed by atoms with E-state index < -0.39 is 29.9 Å². The molecule has 0 spiro atoms. The number of hydrogen-bond acceptors (Lipinski definition) is 7. The Morgan fingerprint density at radius 2 is 1.66 bits per heavy atom. The van der Waals surface area contributed by atoms with Crippen molar-refractivity contribution in [2.24, 2.45) is 11.8 Å². The minimum atomic E-state index is -1.12. The quantitative estimate of drug-likeness (QED) is 0.581. The number of allylic oxidation sites excluding steroid dienone is 1. The molecule has 0 bridgehead atoms. The molecule has 4 atom stereocenters. The van der Waals surface area contributed by atoms with Gasteiger partial charge in [-0.3, -0.25) is 19.7 Å². The van der Waals surface area contributed by atoms with Crippen molar-refractivity contribution in [2.75, 3.05) is 13.1 Å². The van der Waals surface area contributed by atoms with Gasteiger partial charge in [0.25, 0.3) is 0 Å². The number of Topliss-reactive ketones (excluding diaryl/α,β-unsaturated/α-hetero) is 2. The molecule has 3 aliphatic rings. The first-order valence-electron chi connectivity index (χ1n) is 9.45. The number of carbonyl (C=O) groups excluding carboxylic acids is 2. The lowest BCUT2D eigenvalue weighted by atomic mass is 9.82. The zero-order chi connectivity index (χ0) is 20.7. The van der Waals surface area contributed by atoms with Gasteiger partial charge in [-0.25, -0.2) is 0 Å². The highest BCUT2D eigenvalue weighted by Gasteiger charge is 2.49. The van der Waals surface area contributed by atoms with E-state index in [4.69, 9.17) is 24.4 Å². The smallest absolute Gasteiger partial charge is 0.321 e. The fraction of sp³-hybridized carbons (Fsp3) is 0.381. The summed E-state index contributed by atoms with van der Waals surface area (Å²) in [5.41, 5.74) is 3.29. The number of ketones is 2. The summed E-state index contributed by atoms with van der Waals surface area (Å²) in [6.45, 7) is 0.482. The van der Waals surface area contributed by atoms with Crippen molar-refractivity contribution in [1.29, 1.82) is 0 Å². The summed E-state index contributed by atoms with van der Waals surface area (Å²) in [5, 5.41) is 15.2. The van der Waals surface area contributed by atoms with Crippen LogP contribution in [0.4, 0.5) is 0 Å². The molecule has 2 fully saturated rings. The van der Waals surface area contributed by atoms with Crippen LogP contribution in [0.3, 0.4) is 0 Å². The van der Waals surface area contributed by atoms with Crippen LogP contribution < -0.4 is 10.6 Å². The normalized spacial score (nSPS) is 28.3. The van der Waals surface area contributed by atoms with E-state index in [1.54, 1.807) is 0 Å². The first kappa shape index (κ1) is 20.2. The van der Waals surface area contributed by atoms with E-state index in [0.717, 1.165) is 11.1 Å². The second-order valence-corrected chi connectivity index (χ2v) is 8.72. The number of carboxylic acids is 1. The Morgan fingerprint density at radius 1 is 1.00 bits per heavy atom. The van der Waals surface area contributed by atoms with Crippen LogP contribution in [0.2, 0.25) is 0 Å². The third kappa shape index (κ3) is 3.73. The first-order valence-corrected chi connectivity index (χ1v) is 10.3. The minimum absolute atomic E-state index is 0.110. The zero-order valence-corrected chi connectivity index (χ0v) is 17.1. The Labute approximate surface area is 178 Å². The summed E-state index contributed by atoms with van der Waals surface area (Å²) in [4.78, 5) is 38.6. The van der Waals surface area contributed by atoms with Gasteiger partial charge in [0.05, 0.1) is 17.9 Å². The Morgan fingerprint density at radius 3 is 2.34 bits per heavy atom. The third-order valence-electron chi connectivity index (χ3n) is 5.81.